The van der Waals surface area contributed by atoms with E-state index in [2.05, 4.69) is 29.1 Å². The van der Waals surface area contributed by atoms with Crippen LogP contribution in [0.5, 0.6) is 0 Å². The Hall–Kier alpha value is -3.95. The number of carbonyl (C=O) groups excluding carboxylic acids is 3. The molecular formula is C31H33N5O3S. The molecular weight excluding hydrogens is 522 g/mol. The van der Waals surface area contributed by atoms with Crippen LogP contribution in [0, 0.1) is 0 Å². The summed E-state index contributed by atoms with van der Waals surface area (Å²) in [6, 6.07) is 14.4. The number of aromatic nitrogens is 1. The van der Waals surface area contributed by atoms with Gasteiger partial charge in [0, 0.05) is 43.0 Å². The predicted octanol–water partition coefficient (Wildman–Crippen LogP) is 3.99. The lowest BCUT2D eigenvalue weighted by Crippen LogP contribution is -2.56. The van der Waals surface area contributed by atoms with Crippen molar-refractivity contribution >= 4 is 51.3 Å². The number of amides is 3. The minimum absolute atomic E-state index is 0.0714. The van der Waals surface area contributed by atoms with Crippen molar-refractivity contribution in [3.05, 3.63) is 82.2 Å². The molecule has 2 aliphatic rings. The second-order valence-corrected chi connectivity index (χ2v) is 11.3. The molecule has 40 heavy (non-hydrogen) atoms. The SMILES string of the molecule is CCn1cc(C[C@@H](N)C(=O)NC2Cc3cccc(N4CCCC4=O)c3N(Cc3ccsc3)C2=O)c2ccccc21. The van der Waals surface area contributed by atoms with E-state index in [-0.39, 0.29) is 17.7 Å². The van der Waals surface area contributed by atoms with E-state index in [0.29, 0.717) is 32.4 Å². The Labute approximate surface area is 237 Å². The summed E-state index contributed by atoms with van der Waals surface area (Å²) >= 11 is 1.57. The maximum atomic E-state index is 14.0. The molecule has 9 heteroatoms. The van der Waals surface area contributed by atoms with Crippen molar-refractivity contribution in [2.24, 2.45) is 5.73 Å². The first-order valence-corrected chi connectivity index (χ1v) is 14.8. The number of rotatable bonds is 8. The first-order valence-electron chi connectivity index (χ1n) is 13.8. The Balaban J connectivity index is 1.26. The normalized spacial score (nSPS) is 17.9. The number of para-hydroxylation sites is 2. The van der Waals surface area contributed by atoms with Gasteiger partial charge in [-0.25, -0.2) is 0 Å². The number of carbonyl (C=O) groups is 3. The molecule has 4 aromatic rings. The summed E-state index contributed by atoms with van der Waals surface area (Å²) in [5.41, 5.74) is 12.0. The zero-order chi connectivity index (χ0) is 27.8. The summed E-state index contributed by atoms with van der Waals surface area (Å²) in [6.45, 7) is 3.91. The van der Waals surface area contributed by atoms with Crippen molar-refractivity contribution in [3.8, 4) is 0 Å². The standard InChI is InChI=1S/C31H33N5O3S/c1-2-34-18-22(23-8-3-4-9-26(23)34)15-24(32)30(38)33-25-16-21-7-5-10-27(35-13-6-11-28(35)37)29(21)36(31(25)39)17-20-12-14-40-19-20/h3-5,7-10,12,14,18-19,24-25H,2,6,11,13,15-17,32H2,1H3,(H,33,38)/t24-,25?/m1/s1. The van der Waals surface area contributed by atoms with Gasteiger partial charge in [-0.2, -0.15) is 11.3 Å². The van der Waals surface area contributed by atoms with Gasteiger partial charge in [-0.05, 0) is 65.4 Å². The highest BCUT2D eigenvalue weighted by atomic mass is 32.1. The number of thiophene rings is 1. The van der Waals surface area contributed by atoms with E-state index in [1.807, 2.05) is 53.2 Å². The lowest BCUT2D eigenvalue weighted by molar-refractivity contribution is -0.128. The molecule has 0 bridgehead atoms. The van der Waals surface area contributed by atoms with Gasteiger partial charge in [0.1, 0.15) is 6.04 Å². The Morgan fingerprint density at radius 2 is 2.00 bits per heavy atom. The zero-order valence-corrected chi connectivity index (χ0v) is 23.3. The maximum Gasteiger partial charge on any atom is 0.250 e. The van der Waals surface area contributed by atoms with E-state index >= 15 is 0 Å². The molecule has 6 rings (SSSR count). The molecule has 4 heterocycles. The van der Waals surface area contributed by atoms with Crippen molar-refractivity contribution in [2.45, 2.75) is 57.8 Å². The molecule has 2 atom stereocenters. The summed E-state index contributed by atoms with van der Waals surface area (Å²) in [4.78, 5) is 43.5. The van der Waals surface area contributed by atoms with Gasteiger partial charge in [0.2, 0.25) is 17.7 Å². The molecule has 206 valence electrons. The lowest BCUT2D eigenvalue weighted by Gasteiger charge is -2.37. The lowest BCUT2D eigenvalue weighted by atomic mass is 9.94. The smallest absolute Gasteiger partial charge is 0.250 e. The van der Waals surface area contributed by atoms with E-state index < -0.39 is 12.1 Å². The first kappa shape index (κ1) is 26.3. The fourth-order valence-corrected chi connectivity index (χ4v) is 6.63. The van der Waals surface area contributed by atoms with Crippen molar-refractivity contribution in [1.29, 1.82) is 0 Å². The topological polar surface area (TPSA) is 101 Å². The number of nitrogens with zero attached hydrogens (tertiary/aromatic N) is 3. The molecule has 0 radical (unpaired) electrons. The van der Waals surface area contributed by atoms with Crippen molar-refractivity contribution < 1.29 is 14.4 Å². The number of nitrogens with two attached hydrogens (primary N) is 1. The van der Waals surface area contributed by atoms with Crippen molar-refractivity contribution in [1.82, 2.24) is 9.88 Å². The quantitative estimate of drug-likeness (QED) is 0.343. The van der Waals surface area contributed by atoms with Crippen LogP contribution in [-0.4, -0.2) is 40.9 Å². The van der Waals surface area contributed by atoms with Gasteiger partial charge in [0.05, 0.1) is 24.0 Å². The molecule has 0 saturated carbocycles. The average molecular weight is 556 g/mol. The Morgan fingerprint density at radius 1 is 1.15 bits per heavy atom. The molecule has 8 nitrogen and oxygen atoms in total. The van der Waals surface area contributed by atoms with Gasteiger partial charge < -0.3 is 25.4 Å². The van der Waals surface area contributed by atoms with Crippen LogP contribution in [0.25, 0.3) is 10.9 Å². The molecule has 3 N–H and O–H groups in total. The largest absolute Gasteiger partial charge is 0.347 e. The fraction of sp³-hybridized carbons (Fsp3) is 0.323. The zero-order valence-electron chi connectivity index (χ0n) is 22.5. The third kappa shape index (κ3) is 4.80. The molecule has 1 unspecified atom stereocenters. The van der Waals surface area contributed by atoms with Crippen LogP contribution in [0.4, 0.5) is 11.4 Å². The van der Waals surface area contributed by atoms with Crippen LogP contribution >= 0.6 is 11.3 Å². The molecule has 3 amide bonds. The number of benzene rings is 2. The third-order valence-corrected chi connectivity index (χ3v) is 8.68. The summed E-state index contributed by atoms with van der Waals surface area (Å²) in [5.74, 6) is -0.473. The Morgan fingerprint density at radius 3 is 2.75 bits per heavy atom. The summed E-state index contributed by atoms with van der Waals surface area (Å²) in [5, 5.41) is 8.05. The molecule has 0 spiro atoms. The molecule has 0 aliphatic carbocycles. The van der Waals surface area contributed by atoms with E-state index in [1.165, 1.54) is 0 Å². The molecule has 2 aromatic heterocycles. The summed E-state index contributed by atoms with van der Waals surface area (Å²) < 4.78 is 2.15. The van der Waals surface area contributed by atoms with Crippen molar-refractivity contribution in [3.63, 3.8) is 0 Å². The molecule has 2 aromatic carbocycles. The highest BCUT2D eigenvalue weighted by molar-refractivity contribution is 7.07. The first-order chi connectivity index (χ1) is 19.4. The number of hydrogen-bond donors (Lipinski definition) is 2. The number of fused-ring (bicyclic) bond motifs is 2. The van der Waals surface area contributed by atoms with Crippen LogP contribution in [-0.2, 0) is 40.3 Å². The molecule has 2 aliphatic heterocycles. The number of aryl methyl sites for hydroxylation is 1. The second-order valence-electron chi connectivity index (χ2n) is 10.5. The van der Waals surface area contributed by atoms with E-state index in [0.717, 1.165) is 51.9 Å². The monoisotopic (exact) mass is 555 g/mol. The molecule has 1 saturated heterocycles. The number of anilines is 2. The van der Waals surface area contributed by atoms with Gasteiger partial charge in [-0.1, -0.05) is 30.3 Å². The summed E-state index contributed by atoms with van der Waals surface area (Å²) in [7, 11) is 0. The van der Waals surface area contributed by atoms with Gasteiger partial charge in [0.15, 0.2) is 0 Å². The van der Waals surface area contributed by atoms with Crippen molar-refractivity contribution in [2.75, 3.05) is 16.3 Å². The Bertz CT molecular complexity index is 1580. The average Bonchev–Trinajstić information content (AvgIpc) is 3.71. The van der Waals surface area contributed by atoms with Crippen LogP contribution in [0.2, 0.25) is 0 Å². The number of hydrogen-bond acceptors (Lipinski definition) is 5. The van der Waals surface area contributed by atoms with Gasteiger partial charge in [0.25, 0.3) is 0 Å². The van der Waals surface area contributed by atoms with Crippen LogP contribution < -0.4 is 20.9 Å². The minimum Gasteiger partial charge on any atom is -0.347 e. The molecule has 1 fully saturated rings. The summed E-state index contributed by atoms with van der Waals surface area (Å²) in [6.07, 6.45) is 4.09. The maximum absolute atomic E-state index is 14.0. The van der Waals surface area contributed by atoms with E-state index in [9.17, 15) is 14.4 Å². The third-order valence-electron chi connectivity index (χ3n) is 7.95. The number of nitrogens with one attached hydrogen (secondary N) is 1. The van der Waals surface area contributed by atoms with Crippen LogP contribution in [0.15, 0.2) is 65.5 Å². The highest BCUT2D eigenvalue weighted by Crippen LogP contribution is 2.40. The predicted molar refractivity (Wildman–Crippen MR) is 158 cm³/mol. The second kappa shape index (κ2) is 10.9. The fourth-order valence-electron chi connectivity index (χ4n) is 5.97. The Kier molecular flexibility index (Phi) is 7.16. The van der Waals surface area contributed by atoms with E-state index in [4.69, 9.17) is 5.73 Å². The van der Waals surface area contributed by atoms with Gasteiger partial charge >= 0.3 is 0 Å². The van der Waals surface area contributed by atoms with Gasteiger partial charge in [-0.15, -0.1) is 0 Å². The van der Waals surface area contributed by atoms with Crippen LogP contribution in [0.1, 0.15) is 36.5 Å². The van der Waals surface area contributed by atoms with Gasteiger partial charge in [-0.3, -0.25) is 14.4 Å². The minimum atomic E-state index is -0.802. The van der Waals surface area contributed by atoms with Crippen LogP contribution in [0.3, 0.4) is 0 Å². The van der Waals surface area contributed by atoms with E-state index in [1.54, 1.807) is 21.1 Å². The highest BCUT2D eigenvalue weighted by Gasteiger charge is 2.38.